The summed E-state index contributed by atoms with van der Waals surface area (Å²) in [7, 11) is 0. The number of carbonyl (C=O) groups is 1. The van der Waals surface area contributed by atoms with Gasteiger partial charge in [-0.3, -0.25) is 14.2 Å². The van der Waals surface area contributed by atoms with Crippen LogP contribution in [0.2, 0.25) is 0 Å². The molecule has 2 heterocycles. The zero-order chi connectivity index (χ0) is 22.2. The second-order valence-corrected chi connectivity index (χ2v) is 7.91. The van der Waals surface area contributed by atoms with Crippen LogP contribution < -0.4 is 5.32 Å². The van der Waals surface area contributed by atoms with Crippen LogP contribution in [0.1, 0.15) is 41.2 Å². The Bertz CT molecular complexity index is 1090. The van der Waals surface area contributed by atoms with E-state index in [9.17, 15) is 18.0 Å². The lowest BCUT2D eigenvalue weighted by molar-refractivity contribution is -0.137. The Kier molecular flexibility index (Phi) is 6.07. The summed E-state index contributed by atoms with van der Waals surface area (Å²) < 4.78 is 42.8. The smallest absolute Gasteiger partial charge is 0.307 e. The molecule has 1 N–H and O–H groups in total. The number of nitrogens with zero attached hydrogens (tertiary/aromatic N) is 4. The first-order valence-corrected chi connectivity index (χ1v) is 9.99. The van der Waals surface area contributed by atoms with E-state index in [1.165, 1.54) is 6.07 Å². The minimum absolute atomic E-state index is 0.158. The molecular weight excluding hydrogens is 463 g/mol. The molecule has 1 unspecified atom stereocenters. The van der Waals surface area contributed by atoms with Crippen molar-refractivity contribution in [3.8, 4) is 0 Å². The maximum absolute atomic E-state index is 12.9. The molecule has 1 atom stereocenters. The SMILES string of the molecule is Cc1nn(C(C)C(=O)Nc2cc(C)n(Cc3cccc(C(F)(F)F)c3)n2)c(C)c1Br. The Labute approximate surface area is 180 Å². The highest BCUT2D eigenvalue weighted by Gasteiger charge is 2.30. The van der Waals surface area contributed by atoms with Gasteiger partial charge in [-0.25, -0.2) is 0 Å². The number of hydrogen-bond donors (Lipinski definition) is 1. The first kappa shape index (κ1) is 22.1. The standard InChI is InChI=1S/C20H21BrF3N5O/c1-11-8-17(25-19(30)14(4)29-13(3)18(21)12(2)26-29)27-28(11)10-15-6-5-7-16(9-15)20(22,23)24/h5-9,14H,10H2,1-4H3,(H,25,27,30). The summed E-state index contributed by atoms with van der Waals surface area (Å²) in [5.41, 5.74) is 2.09. The molecule has 1 amide bonds. The first-order chi connectivity index (χ1) is 14.0. The van der Waals surface area contributed by atoms with Gasteiger partial charge in [-0.15, -0.1) is 0 Å². The summed E-state index contributed by atoms with van der Waals surface area (Å²) in [4.78, 5) is 12.7. The summed E-state index contributed by atoms with van der Waals surface area (Å²) >= 11 is 3.44. The van der Waals surface area contributed by atoms with Crippen LogP contribution in [0.15, 0.2) is 34.8 Å². The third kappa shape index (κ3) is 4.58. The first-order valence-electron chi connectivity index (χ1n) is 9.20. The molecule has 2 aromatic heterocycles. The summed E-state index contributed by atoms with van der Waals surface area (Å²) in [6.45, 7) is 7.37. The predicted molar refractivity (Wildman–Crippen MR) is 110 cm³/mol. The Morgan fingerprint density at radius 2 is 1.90 bits per heavy atom. The van der Waals surface area contributed by atoms with Crippen LogP contribution in [0.25, 0.3) is 0 Å². The van der Waals surface area contributed by atoms with Gasteiger partial charge in [-0.1, -0.05) is 12.1 Å². The summed E-state index contributed by atoms with van der Waals surface area (Å²) in [5.74, 6) is 0.0359. The number of amides is 1. The van der Waals surface area contributed by atoms with Crippen molar-refractivity contribution in [2.24, 2.45) is 0 Å². The van der Waals surface area contributed by atoms with E-state index >= 15 is 0 Å². The molecule has 1 aromatic carbocycles. The Morgan fingerprint density at radius 3 is 2.50 bits per heavy atom. The second kappa shape index (κ2) is 8.25. The van der Waals surface area contributed by atoms with Gasteiger partial charge in [-0.2, -0.15) is 23.4 Å². The van der Waals surface area contributed by atoms with Gasteiger partial charge in [0.2, 0.25) is 5.91 Å². The van der Waals surface area contributed by atoms with E-state index in [-0.39, 0.29) is 12.5 Å². The van der Waals surface area contributed by atoms with Gasteiger partial charge in [0.15, 0.2) is 5.82 Å². The maximum Gasteiger partial charge on any atom is 0.416 e. The lowest BCUT2D eigenvalue weighted by Gasteiger charge is -2.13. The van der Waals surface area contributed by atoms with Crippen molar-refractivity contribution in [1.29, 1.82) is 0 Å². The normalized spacial score (nSPS) is 12.8. The Morgan fingerprint density at radius 1 is 1.20 bits per heavy atom. The molecule has 0 aliphatic carbocycles. The van der Waals surface area contributed by atoms with Crippen molar-refractivity contribution >= 4 is 27.7 Å². The number of rotatable bonds is 5. The molecule has 6 nitrogen and oxygen atoms in total. The van der Waals surface area contributed by atoms with E-state index < -0.39 is 17.8 Å². The number of aryl methyl sites for hydroxylation is 2. The van der Waals surface area contributed by atoms with Crippen LogP contribution in [-0.4, -0.2) is 25.5 Å². The molecule has 0 saturated carbocycles. The van der Waals surface area contributed by atoms with Gasteiger partial charge in [0.25, 0.3) is 0 Å². The molecule has 0 spiro atoms. The van der Waals surface area contributed by atoms with Crippen LogP contribution in [0.3, 0.4) is 0 Å². The second-order valence-electron chi connectivity index (χ2n) is 7.12. The van der Waals surface area contributed by atoms with Crippen LogP contribution in [0.4, 0.5) is 19.0 Å². The number of carbonyl (C=O) groups excluding carboxylic acids is 1. The van der Waals surface area contributed by atoms with Crippen molar-refractivity contribution in [3.05, 3.63) is 63.0 Å². The highest BCUT2D eigenvalue weighted by molar-refractivity contribution is 9.10. The average molecular weight is 484 g/mol. The Balaban J connectivity index is 1.75. The minimum Gasteiger partial charge on any atom is -0.307 e. The van der Waals surface area contributed by atoms with E-state index in [0.717, 1.165) is 28.0 Å². The fourth-order valence-electron chi connectivity index (χ4n) is 3.11. The quantitative estimate of drug-likeness (QED) is 0.553. The zero-order valence-corrected chi connectivity index (χ0v) is 18.5. The summed E-state index contributed by atoms with van der Waals surface area (Å²) in [6.07, 6.45) is -4.40. The molecule has 160 valence electrons. The van der Waals surface area contributed by atoms with Crippen LogP contribution in [0, 0.1) is 20.8 Å². The van der Waals surface area contributed by atoms with E-state index in [2.05, 4.69) is 31.4 Å². The largest absolute Gasteiger partial charge is 0.416 e. The van der Waals surface area contributed by atoms with Crippen LogP contribution in [-0.2, 0) is 17.5 Å². The van der Waals surface area contributed by atoms with Crippen molar-refractivity contribution in [1.82, 2.24) is 19.6 Å². The van der Waals surface area contributed by atoms with Gasteiger partial charge >= 0.3 is 6.18 Å². The van der Waals surface area contributed by atoms with Gasteiger partial charge < -0.3 is 5.32 Å². The topological polar surface area (TPSA) is 64.7 Å². The van der Waals surface area contributed by atoms with E-state index in [4.69, 9.17) is 0 Å². The monoisotopic (exact) mass is 483 g/mol. The lowest BCUT2D eigenvalue weighted by atomic mass is 10.1. The van der Waals surface area contributed by atoms with Gasteiger partial charge in [-0.05, 0) is 61.3 Å². The average Bonchev–Trinajstić information content (AvgIpc) is 3.14. The van der Waals surface area contributed by atoms with E-state index in [1.807, 2.05) is 13.8 Å². The molecule has 0 aliphatic heterocycles. The predicted octanol–water partition coefficient (Wildman–Crippen LogP) is 5.03. The molecule has 3 rings (SSSR count). The number of aromatic nitrogens is 4. The van der Waals surface area contributed by atoms with E-state index in [1.54, 1.807) is 35.3 Å². The number of nitrogens with one attached hydrogen (secondary N) is 1. The van der Waals surface area contributed by atoms with Gasteiger partial charge in [0.05, 0.1) is 28.0 Å². The van der Waals surface area contributed by atoms with Crippen molar-refractivity contribution in [2.45, 2.75) is 46.5 Å². The molecule has 10 heteroatoms. The molecule has 3 aromatic rings. The number of hydrogen-bond acceptors (Lipinski definition) is 3. The van der Waals surface area contributed by atoms with Crippen LogP contribution in [0.5, 0.6) is 0 Å². The fraction of sp³-hybridized carbons (Fsp3) is 0.350. The Hall–Kier alpha value is -2.62. The van der Waals surface area contributed by atoms with Gasteiger partial charge in [0, 0.05) is 11.8 Å². The number of anilines is 1. The number of alkyl halides is 3. The van der Waals surface area contributed by atoms with E-state index in [0.29, 0.717) is 17.1 Å². The molecule has 0 saturated heterocycles. The molecule has 0 aliphatic rings. The number of benzene rings is 1. The molecule has 30 heavy (non-hydrogen) atoms. The number of halogens is 4. The molecular formula is C20H21BrF3N5O. The van der Waals surface area contributed by atoms with Crippen molar-refractivity contribution in [3.63, 3.8) is 0 Å². The molecule has 0 radical (unpaired) electrons. The lowest BCUT2D eigenvalue weighted by Crippen LogP contribution is -2.25. The van der Waals surface area contributed by atoms with Crippen molar-refractivity contribution in [2.75, 3.05) is 5.32 Å². The molecule has 0 fully saturated rings. The maximum atomic E-state index is 12.9. The van der Waals surface area contributed by atoms with Gasteiger partial charge in [0.1, 0.15) is 6.04 Å². The van der Waals surface area contributed by atoms with Crippen LogP contribution >= 0.6 is 15.9 Å². The summed E-state index contributed by atoms with van der Waals surface area (Å²) in [6, 6.07) is 6.22. The third-order valence-electron chi connectivity index (χ3n) is 4.80. The highest BCUT2D eigenvalue weighted by Crippen LogP contribution is 2.30. The third-order valence-corrected chi connectivity index (χ3v) is 5.95. The minimum atomic E-state index is -4.40. The highest BCUT2D eigenvalue weighted by atomic mass is 79.9. The van der Waals surface area contributed by atoms with Crippen molar-refractivity contribution < 1.29 is 18.0 Å². The fourth-order valence-corrected chi connectivity index (χ4v) is 3.37. The summed E-state index contributed by atoms with van der Waals surface area (Å²) in [5, 5.41) is 11.4. The zero-order valence-electron chi connectivity index (χ0n) is 16.9. The molecule has 0 bridgehead atoms.